The molecule has 0 amide bonds. The number of hydrogen-bond acceptors (Lipinski definition) is 3. The van der Waals surface area contributed by atoms with E-state index >= 15 is 0 Å². The molecule has 0 bridgehead atoms. The molecule has 0 saturated carbocycles. The summed E-state index contributed by atoms with van der Waals surface area (Å²) in [5.41, 5.74) is 0.259. The normalized spacial score (nSPS) is 18.1. The number of Topliss-reactive ketones (excluding diaryl/α,β-unsaturated/α-hetero) is 1. The fraction of sp³-hybridized carbons (Fsp3) is 0.250. The van der Waals surface area contributed by atoms with Gasteiger partial charge in [0, 0.05) is 11.6 Å². The molecule has 1 aliphatic carbocycles. The van der Waals surface area contributed by atoms with Gasteiger partial charge in [0.15, 0.2) is 5.76 Å². The Hall–Kier alpha value is -1.09. The average Bonchev–Trinajstić information content (AvgIpc) is 2.01. The Morgan fingerprint density at radius 2 is 2.00 bits per heavy atom. The van der Waals surface area contributed by atoms with E-state index in [0.717, 1.165) is 6.08 Å². The van der Waals surface area contributed by atoms with E-state index in [0.29, 0.717) is 0 Å². The van der Waals surface area contributed by atoms with Crippen molar-refractivity contribution < 1.29 is 14.3 Å². The van der Waals surface area contributed by atoms with E-state index in [1.54, 1.807) is 0 Å². The van der Waals surface area contributed by atoms with E-state index in [9.17, 15) is 9.59 Å². The predicted molar refractivity (Wildman–Crippen MR) is 43.7 cm³/mol. The Kier molecular flexibility index (Phi) is 2.33. The first-order valence-corrected chi connectivity index (χ1v) is 3.66. The summed E-state index contributed by atoms with van der Waals surface area (Å²) in [5.74, 6) is -0.642. The molecule has 1 rings (SSSR count). The van der Waals surface area contributed by atoms with Gasteiger partial charge in [0.25, 0.3) is 0 Å². The van der Waals surface area contributed by atoms with Crippen LogP contribution in [0.25, 0.3) is 0 Å². The third-order valence-corrected chi connectivity index (χ3v) is 1.86. The Morgan fingerprint density at radius 3 is 2.50 bits per heavy atom. The zero-order valence-corrected chi connectivity index (χ0v) is 7.44. The Morgan fingerprint density at radius 1 is 1.42 bits per heavy atom. The lowest BCUT2D eigenvalue weighted by atomic mass is 10.0. The zero-order valence-electron chi connectivity index (χ0n) is 6.68. The highest BCUT2D eigenvalue weighted by Crippen LogP contribution is 2.21. The zero-order chi connectivity index (χ0) is 9.30. The van der Waals surface area contributed by atoms with Gasteiger partial charge in [-0.1, -0.05) is 11.6 Å². The van der Waals surface area contributed by atoms with E-state index < -0.39 is 0 Å². The van der Waals surface area contributed by atoms with Crippen molar-refractivity contribution in [2.45, 2.75) is 6.92 Å². The van der Waals surface area contributed by atoms with Gasteiger partial charge >= 0.3 is 0 Å². The van der Waals surface area contributed by atoms with Crippen LogP contribution in [0.1, 0.15) is 6.92 Å². The van der Waals surface area contributed by atoms with E-state index in [2.05, 4.69) is 0 Å². The number of ketones is 2. The van der Waals surface area contributed by atoms with Gasteiger partial charge in [-0.3, -0.25) is 9.59 Å². The number of carbonyl (C=O) groups excluding carboxylic acids is 2. The van der Waals surface area contributed by atoms with Crippen LogP contribution in [0.2, 0.25) is 0 Å². The van der Waals surface area contributed by atoms with Gasteiger partial charge in [0.2, 0.25) is 11.6 Å². The lowest BCUT2D eigenvalue weighted by molar-refractivity contribution is -0.117. The van der Waals surface area contributed by atoms with Crippen molar-refractivity contribution in [1.82, 2.24) is 0 Å². The maximum Gasteiger partial charge on any atom is 0.222 e. The van der Waals surface area contributed by atoms with Crippen LogP contribution in [0.3, 0.4) is 0 Å². The molecule has 0 N–H and O–H groups in total. The topological polar surface area (TPSA) is 43.4 Å². The number of rotatable bonds is 1. The maximum atomic E-state index is 11.1. The first-order chi connectivity index (χ1) is 5.57. The van der Waals surface area contributed by atoms with Gasteiger partial charge in [-0.15, -0.1) is 0 Å². The first kappa shape index (κ1) is 9.00. The summed E-state index contributed by atoms with van der Waals surface area (Å²) >= 11 is 5.48. The van der Waals surface area contributed by atoms with Crippen LogP contribution in [0.4, 0.5) is 0 Å². The Bertz CT molecular complexity index is 312. The molecule has 0 heterocycles. The highest BCUT2D eigenvalue weighted by molar-refractivity contribution is 6.48. The largest absolute Gasteiger partial charge is 0.492 e. The van der Waals surface area contributed by atoms with Crippen molar-refractivity contribution in [1.29, 1.82) is 0 Å². The van der Waals surface area contributed by atoms with Crippen LogP contribution in [0.5, 0.6) is 0 Å². The molecule has 0 fully saturated rings. The molecule has 0 saturated heterocycles. The van der Waals surface area contributed by atoms with Crippen molar-refractivity contribution in [3.63, 3.8) is 0 Å². The van der Waals surface area contributed by atoms with Crippen molar-refractivity contribution in [2.75, 3.05) is 7.11 Å². The summed E-state index contributed by atoms with van der Waals surface area (Å²) < 4.78 is 4.74. The molecule has 4 heteroatoms. The summed E-state index contributed by atoms with van der Waals surface area (Å²) in [6.45, 7) is 1.51. The Balaban J connectivity index is 3.17. The standard InChI is InChI=1S/C8H7ClO3/c1-4-7(11)5(9)3-6(10)8(4)12-2/h3H,1-2H3. The molecule has 0 aromatic heterocycles. The van der Waals surface area contributed by atoms with Crippen molar-refractivity contribution in [3.8, 4) is 0 Å². The van der Waals surface area contributed by atoms with Gasteiger partial charge in [0.1, 0.15) is 0 Å². The van der Waals surface area contributed by atoms with E-state index in [1.165, 1.54) is 14.0 Å². The van der Waals surface area contributed by atoms with Crippen molar-refractivity contribution >= 4 is 23.2 Å². The molecule has 0 aliphatic heterocycles. The molecule has 0 atom stereocenters. The highest BCUT2D eigenvalue weighted by Gasteiger charge is 2.24. The minimum absolute atomic E-state index is 0.0571. The number of carbonyl (C=O) groups is 2. The lowest BCUT2D eigenvalue weighted by Gasteiger charge is -2.11. The quantitative estimate of drug-likeness (QED) is 0.578. The smallest absolute Gasteiger partial charge is 0.222 e. The minimum Gasteiger partial charge on any atom is -0.492 e. The molecule has 0 unspecified atom stereocenters. The van der Waals surface area contributed by atoms with E-state index in [1.807, 2.05) is 0 Å². The van der Waals surface area contributed by atoms with Crippen LogP contribution in [0.15, 0.2) is 22.4 Å². The van der Waals surface area contributed by atoms with Crippen LogP contribution in [-0.4, -0.2) is 18.7 Å². The number of hydrogen-bond donors (Lipinski definition) is 0. The van der Waals surface area contributed by atoms with Crippen molar-refractivity contribution in [2.24, 2.45) is 0 Å². The van der Waals surface area contributed by atoms with Crippen LogP contribution in [-0.2, 0) is 14.3 Å². The van der Waals surface area contributed by atoms with E-state index in [4.69, 9.17) is 16.3 Å². The predicted octanol–water partition coefficient (Wildman–Crippen LogP) is 1.18. The number of ether oxygens (including phenoxy) is 1. The molecular formula is C8H7ClO3. The molecule has 12 heavy (non-hydrogen) atoms. The molecule has 0 aromatic carbocycles. The second-order valence-corrected chi connectivity index (χ2v) is 2.75. The SMILES string of the molecule is COC1=C(C)C(=O)C(Cl)=CC1=O. The monoisotopic (exact) mass is 186 g/mol. The molecule has 1 aliphatic rings. The minimum atomic E-state index is -0.361. The second-order valence-electron chi connectivity index (χ2n) is 2.34. The summed E-state index contributed by atoms with van der Waals surface area (Å²) in [6.07, 6.45) is 1.07. The molecule has 0 radical (unpaired) electrons. The molecule has 0 spiro atoms. The molecule has 0 aromatic rings. The van der Waals surface area contributed by atoms with Gasteiger partial charge in [-0.25, -0.2) is 0 Å². The summed E-state index contributed by atoms with van der Waals surface area (Å²) in [5, 5.41) is -0.0571. The number of halogens is 1. The highest BCUT2D eigenvalue weighted by atomic mass is 35.5. The number of allylic oxidation sites excluding steroid dienone is 3. The second kappa shape index (κ2) is 3.11. The Labute approximate surface area is 74.6 Å². The van der Waals surface area contributed by atoms with Gasteiger partial charge in [-0.05, 0) is 6.92 Å². The van der Waals surface area contributed by atoms with Gasteiger partial charge in [0.05, 0.1) is 12.1 Å². The third kappa shape index (κ3) is 1.28. The molecular weight excluding hydrogens is 180 g/mol. The first-order valence-electron chi connectivity index (χ1n) is 3.29. The van der Waals surface area contributed by atoms with Crippen LogP contribution >= 0.6 is 11.6 Å². The van der Waals surface area contributed by atoms with Gasteiger partial charge < -0.3 is 4.74 Å². The van der Waals surface area contributed by atoms with E-state index in [-0.39, 0.29) is 27.9 Å². The maximum absolute atomic E-state index is 11.1. The van der Waals surface area contributed by atoms with Crippen LogP contribution in [0, 0.1) is 0 Å². The fourth-order valence-electron chi connectivity index (χ4n) is 0.967. The summed E-state index contributed by atoms with van der Waals surface area (Å²) in [7, 11) is 1.34. The lowest BCUT2D eigenvalue weighted by Crippen LogP contribution is -2.16. The van der Waals surface area contributed by atoms with Crippen LogP contribution < -0.4 is 0 Å². The third-order valence-electron chi connectivity index (χ3n) is 1.58. The molecule has 3 nitrogen and oxygen atoms in total. The average molecular weight is 187 g/mol. The fourth-order valence-corrected chi connectivity index (χ4v) is 1.21. The molecule has 64 valence electrons. The summed E-state index contributed by atoms with van der Waals surface area (Å²) in [4.78, 5) is 22.2. The van der Waals surface area contributed by atoms with Gasteiger partial charge in [-0.2, -0.15) is 0 Å². The number of methoxy groups -OCH3 is 1. The van der Waals surface area contributed by atoms with Crippen molar-refractivity contribution in [3.05, 3.63) is 22.4 Å². The summed E-state index contributed by atoms with van der Waals surface area (Å²) in [6, 6.07) is 0.